The molecule has 0 radical (unpaired) electrons. The highest BCUT2D eigenvalue weighted by molar-refractivity contribution is 9.10. The zero-order valence-electron chi connectivity index (χ0n) is 11.8. The number of sulfone groups is 1. The Bertz CT molecular complexity index is 829. The average Bonchev–Trinajstić information content (AvgIpc) is 2.45. The minimum atomic E-state index is -3.30. The predicted octanol–water partition coefficient (Wildman–Crippen LogP) is 3.50. The molecule has 4 nitrogen and oxygen atoms in total. The summed E-state index contributed by atoms with van der Waals surface area (Å²) in [6.07, 6.45) is 4.20. The van der Waals surface area contributed by atoms with Crippen LogP contribution < -0.4 is 5.32 Å². The van der Waals surface area contributed by atoms with Crippen molar-refractivity contribution in [1.82, 2.24) is 0 Å². The van der Waals surface area contributed by atoms with Crippen molar-refractivity contribution < 1.29 is 13.2 Å². The SMILES string of the molecule is CS(=O)(=O)c1cccc(NC(=O)/C=C/c2cccc(Br)c2)c1. The molecule has 0 bridgehead atoms. The number of halogens is 1. The van der Waals surface area contributed by atoms with Crippen LogP contribution in [0.3, 0.4) is 0 Å². The number of nitrogens with one attached hydrogen (secondary N) is 1. The van der Waals surface area contributed by atoms with Crippen LogP contribution in [0, 0.1) is 0 Å². The van der Waals surface area contributed by atoms with Gasteiger partial charge in [-0.15, -0.1) is 0 Å². The van der Waals surface area contributed by atoms with Gasteiger partial charge in [-0.2, -0.15) is 0 Å². The molecule has 0 fully saturated rings. The summed E-state index contributed by atoms with van der Waals surface area (Å²) in [4.78, 5) is 12.0. The molecule has 2 aromatic carbocycles. The van der Waals surface area contributed by atoms with Crippen molar-refractivity contribution in [2.45, 2.75) is 4.90 Å². The quantitative estimate of drug-likeness (QED) is 0.826. The second-order valence-corrected chi connectivity index (χ2v) is 7.61. The van der Waals surface area contributed by atoms with E-state index >= 15 is 0 Å². The van der Waals surface area contributed by atoms with Gasteiger partial charge in [0.05, 0.1) is 4.90 Å². The topological polar surface area (TPSA) is 63.2 Å². The molecule has 0 aliphatic heterocycles. The minimum absolute atomic E-state index is 0.168. The van der Waals surface area contributed by atoms with Crippen LogP contribution in [-0.4, -0.2) is 20.6 Å². The number of anilines is 1. The van der Waals surface area contributed by atoms with E-state index in [1.807, 2.05) is 24.3 Å². The van der Waals surface area contributed by atoms with Crippen LogP contribution in [0.5, 0.6) is 0 Å². The van der Waals surface area contributed by atoms with Gasteiger partial charge in [0, 0.05) is 22.5 Å². The fourth-order valence-electron chi connectivity index (χ4n) is 1.77. The highest BCUT2D eigenvalue weighted by Gasteiger charge is 2.07. The van der Waals surface area contributed by atoms with Crippen molar-refractivity contribution in [3.8, 4) is 0 Å². The first-order chi connectivity index (χ1) is 10.3. The lowest BCUT2D eigenvalue weighted by Gasteiger charge is -2.04. The maximum atomic E-state index is 11.9. The monoisotopic (exact) mass is 379 g/mol. The van der Waals surface area contributed by atoms with E-state index in [4.69, 9.17) is 0 Å². The van der Waals surface area contributed by atoms with Gasteiger partial charge in [-0.3, -0.25) is 4.79 Å². The van der Waals surface area contributed by atoms with Crippen LogP contribution >= 0.6 is 15.9 Å². The van der Waals surface area contributed by atoms with Gasteiger partial charge in [0.2, 0.25) is 5.91 Å². The first-order valence-electron chi connectivity index (χ1n) is 6.39. The van der Waals surface area contributed by atoms with Crippen LogP contribution in [-0.2, 0) is 14.6 Å². The van der Waals surface area contributed by atoms with E-state index in [9.17, 15) is 13.2 Å². The highest BCUT2D eigenvalue weighted by atomic mass is 79.9. The van der Waals surface area contributed by atoms with E-state index in [1.54, 1.807) is 18.2 Å². The van der Waals surface area contributed by atoms with Crippen molar-refractivity contribution in [1.29, 1.82) is 0 Å². The Morgan fingerprint density at radius 1 is 1.14 bits per heavy atom. The van der Waals surface area contributed by atoms with Crippen LogP contribution in [0.1, 0.15) is 5.56 Å². The number of hydrogen-bond acceptors (Lipinski definition) is 3. The summed E-state index contributed by atoms with van der Waals surface area (Å²) in [6, 6.07) is 13.7. The van der Waals surface area contributed by atoms with Gasteiger partial charge in [0.1, 0.15) is 0 Å². The standard InChI is InChI=1S/C16H14BrNO3S/c1-22(20,21)15-7-3-6-14(11-15)18-16(19)9-8-12-4-2-5-13(17)10-12/h2-11H,1H3,(H,18,19)/b9-8+. The summed E-state index contributed by atoms with van der Waals surface area (Å²) >= 11 is 3.36. The largest absolute Gasteiger partial charge is 0.322 e. The molecule has 0 aliphatic rings. The first kappa shape index (κ1) is 16.5. The molecule has 0 saturated carbocycles. The molecular formula is C16H14BrNO3S. The molecule has 0 spiro atoms. The number of hydrogen-bond donors (Lipinski definition) is 1. The number of amides is 1. The van der Waals surface area contributed by atoms with E-state index in [0.717, 1.165) is 16.3 Å². The van der Waals surface area contributed by atoms with Crippen molar-refractivity contribution in [3.63, 3.8) is 0 Å². The fraction of sp³-hybridized carbons (Fsp3) is 0.0625. The summed E-state index contributed by atoms with van der Waals surface area (Å²) < 4.78 is 23.9. The molecule has 0 atom stereocenters. The molecule has 0 saturated heterocycles. The Morgan fingerprint density at radius 2 is 1.86 bits per heavy atom. The van der Waals surface area contributed by atoms with Crippen molar-refractivity contribution in [3.05, 3.63) is 64.6 Å². The smallest absolute Gasteiger partial charge is 0.248 e. The van der Waals surface area contributed by atoms with E-state index in [1.165, 1.54) is 18.2 Å². The zero-order valence-corrected chi connectivity index (χ0v) is 14.2. The Labute approximate surface area is 137 Å². The lowest BCUT2D eigenvalue weighted by Crippen LogP contribution is -2.08. The van der Waals surface area contributed by atoms with Crippen molar-refractivity contribution >= 4 is 43.4 Å². The molecule has 0 heterocycles. The van der Waals surface area contributed by atoms with Crippen LogP contribution in [0.25, 0.3) is 6.08 Å². The Balaban J connectivity index is 2.09. The van der Waals surface area contributed by atoms with Gasteiger partial charge in [-0.25, -0.2) is 8.42 Å². The molecule has 2 rings (SSSR count). The first-order valence-corrected chi connectivity index (χ1v) is 9.08. The third-order valence-corrected chi connectivity index (χ3v) is 4.41. The number of benzene rings is 2. The fourth-order valence-corrected chi connectivity index (χ4v) is 2.85. The maximum absolute atomic E-state index is 11.9. The number of rotatable bonds is 4. The van der Waals surface area contributed by atoms with Crippen LogP contribution in [0.15, 0.2) is 64.0 Å². The minimum Gasteiger partial charge on any atom is -0.322 e. The normalized spacial score (nSPS) is 11.5. The molecule has 0 aromatic heterocycles. The Kier molecular flexibility index (Phi) is 5.15. The third-order valence-electron chi connectivity index (χ3n) is 2.81. The molecule has 0 unspecified atom stereocenters. The molecule has 1 N–H and O–H groups in total. The van der Waals surface area contributed by atoms with E-state index in [2.05, 4.69) is 21.2 Å². The molecule has 22 heavy (non-hydrogen) atoms. The maximum Gasteiger partial charge on any atom is 0.248 e. The van der Waals surface area contributed by atoms with Crippen LogP contribution in [0.2, 0.25) is 0 Å². The van der Waals surface area contributed by atoms with Crippen molar-refractivity contribution in [2.75, 3.05) is 11.6 Å². The molecule has 2 aromatic rings. The summed E-state index contributed by atoms with van der Waals surface area (Å²) in [5.74, 6) is -0.328. The van der Waals surface area contributed by atoms with Crippen molar-refractivity contribution in [2.24, 2.45) is 0 Å². The predicted molar refractivity (Wildman–Crippen MR) is 91.4 cm³/mol. The second kappa shape index (κ2) is 6.89. The van der Waals surface area contributed by atoms with Gasteiger partial charge in [0.25, 0.3) is 0 Å². The Morgan fingerprint density at radius 3 is 2.55 bits per heavy atom. The number of carbonyl (C=O) groups excluding carboxylic acids is 1. The van der Waals surface area contributed by atoms with Gasteiger partial charge < -0.3 is 5.32 Å². The summed E-state index contributed by atoms with van der Waals surface area (Å²) in [7, 11) is -3.30. The van der Waals surface area contributed by atoms with E-state index in [0.29, 0.717) is 5.69 Å². The molecule has 114 valence electrons. The summed E-state index contributed by atoms with van der Waals surface area (Å²) in [5, 5.41) is 2.64. The van der Waals surface area contributed by atoms with Gasteiger partial charge >= 0.3 is 0 Å². The van der Waals surface area contributed by atoms with Gasteiger partial charge in [0.15, 0.2) is 9.84 Å². The van der Waals surface area contributed by atoms with E-state index < -0.39 is 9.84 Å². The molecule has 0 aliphatic carbocycles. The van der Waals surface area contributed by atoms with Crippen LogP contribution in [0.4, 0.5) is 5.69 Å². The molecule has 6 heteroatoms. The molecular weight excluding hydrogens is 366 g/mol. The average molecular weight is 380 g/mol. The molecule has 1 amide bonds. The second-order valence-electron chi connectivity index (χ2n) is 4.68. The third kappa shape index (κ3) is 4.82. The number of carbonyl (C=O) groups is 1. The summed E-state index contributed by atoms with van der Waals surface area (Å²) in [5.41, 5.74) is 1.32. The van der Waals surface area contributed by atoms with Gasteiger partial charge in [-0.05, 0) is 42.0 Å². The van der Waals surface area contributed by atoms with Gasteiger partial charge in [-0.1, -0.05) is 34.1 Å². The lowest BCUT2D eigenvalue weighted by atomic mass is 10.2. The Hall–Kier alpha value is -1.92. The lowest BCUT2D eigenvalue weighted by molar-refractivity contribution is -0.111. The summed E-state index contributed by atoms with van der Waals surface area (Å²) in [6.45, 7) is 0. The highest BCUT2D eigenvalue weighted by Crippen LogP contribution is 2.16. The zero-order chi connectivity index (χ0) is 16.2. The van der Waals surface area contributed by atoms with E-state index in [-0.39, 0.29) is 10.8 Å².